The highest BCUT2D eigenvalue weighted by molar-refractivity contribution is 7.93. The van der Waals surface area contributed by atoms with Gasteiger partial charge in [-0.15, -0.1) is 0 Å². The number of nitrogens with zero attached hydrogens (tertiary/aromatic N) is 1. The lowest BCUT2D eigenvalue weighted by Crippen LogP contribution is -2.31. The molecule has 6 nitrogen and oxygen atoms in total. The third-order valence-corrected chi connectivity index (χ3v) is 5.18. The normalized spacial score (nSPS) is 12.5. The Morgan fingerprint density at radius 3 is 2.61 bits per heavy atom. The van der Waals surface area contributed by atoms with Gasteiger partial charge in [0.2, 0.25) is 6.41 Å². The molecule has 162 valence electrons. The summed E-state index contributed by atoms with van der Waals surface area (Å²) in [6, 6.07) is 13.0. The highest BCUT2D eigenvalue weighted by Crippen LogP contribution is 2.32. The molecular formula is C24H27N3O3S. The number of nitrogens with one attached hydrogen (secondary N) is 2. The Labute approximate surface area is 188 Å². The van der Waals surface area contributed by atoms with Crippen LogP contribution in [0, 0.1) is 11.8 Å². The SMILES string of the molecule is C=C(NC=O)C(C#Cc1ccc(SO)cc1)NC.C=C1c2cc(OC)ccc2CN1C. The van der Waals surface area contributed by atoms with Crippen LogP contribution in [0.15, 0.2) is 66.2 Å². The predicted octanol–water partition coefficient (Wildman–Crippen LogP) is 3.56. The Hall–Kier alpha value is -3.18. The summed E-state index contributed by atoms with van der Waals surface area (Å²) in [6.45, 7) is 8.69. The Morgan fingerprint density at radius 2 is 2.03 bits per heavy atom. The lowest BCUT2D eigenvalue weighted by Gasteiger charge is -2.10. The summed E-state index contributed by atoms with van der Waals surface area (Å²) >= 11 is 0.694. The molecule has 31 heavy (non-hydrogen) atoms. The number of ether oxygens (including phenoxy) is 1. The number of fused-ring (bicyclic) bond motifs is 1. The van der Waals surface area contributed by atoms with Crippen molar-refractivity contribution >= 4 is 24.1 Å². The first kappa shape index (κ1) is 24.1. The minimum atomic E-state index is -0.304. The molecule has 1 amide bonds. The molecule has 3 rings (SSSR count). The van der Waals surface area contributed by atoms with Gasteiger partial charge in [-0.25, -0.2) is 0 Å². The van der Waals surface area contributed by atoms with Crippen molar-refractivity contribution in [1.29, 1.82) is 0 Å². The molecule has 1 unspecified atom stereocenters. The zero-order chi connectivity index (χ0) is 22.8. The number of carbonyl (C=O) groups excluding carboxylic acids is 1. The Balaban J connectivity index is 0.000000231. The molecule has 7 heteroatoms. The van der Waals surface area contributed by atoms with Gasteiger partial charge < -0.3 is 24.8 Å². The van der Waals surface area contributed by atoms with Gasteiger partial charge in [0, 0.05) is 53.1 Å². The van der Waals surface area contributed by atoms with Crippen molar-refractivity contribution in [1.82, 2.24) is 15.5 Å². The van der Waals surface area contributed by atoms with Crippen LogP contribution in [0.1, 0.15) is 16.7 Å². The molecule has 0 aliphatic carbocycles. The van der Waals surface area contributed by atoms with Crippen molar-refractivity contribution in [3.05, 3.63) is 78.0 Å². The highest BCUT2D eigenvalue weighted by Gasteiger charge is 2.19. The number of methoxy groups -OCH3 is 1. The van der Waals surface area contributed by atoms with E-state index >= 15 is 0 Å². The molecule has 3 N–H and O–H groups in total. The second-order valence-corrected chi connectivity index (χ2v) is 7.37. The van der Waals surface area contributed by atoms with E-state index in [0.717, 1.165) is 28.5 Å². The minimum Gasteiger partial charge on any atom is -0.497 e. The zero-order valence-corrected chi connectivity index (χ0v) is 18.8. The molecule has 0 aromatic heterocycles. The van der Waals surface area contributed by atoms with E-state index in [0.29, 0.717) is 24.1 Å². The summed E-state index contributed by atoms with van der Waals surface area (Å²) in [4.78, 5) is 13.2. The number of amides is 1. The van der Waals surface area contributed by atoms with Crippen LogP contribution in [0.2, 0.25) is 0 Å². The molecule has 0 radical (unpaired) electrons. The van der Waals surface area contributed by atoms with Gasteiger partial charge in [-0.1, -0.05) is 31.1 Å². The van der Waals surface area contributed by atoms with Crippen LogP contribution in [0.5, 0.6) is 5.75 Å². The van der Waals surface area contributed by atoms with Crippen molar-refractivity contribution in [2.45, 2.75) is 17.5 Å². The van der Waals surface area contributed by atoms with Crippen molar-refractivity contribution in [3.8, 4) is 17.6 Å². The van der Waals surface area contributed by atoms with Crippen LogP contribution >= 0.6 is 12.0 Å². The maximum atomic E-state index is 10.3. The van der Waals surface area contributed by atoms with Crippen LogP contribution in [-0.2, 0) is 11.3 Å². The van der Waals surface area contributed by atoms with Crippen LogP contribution in [0.4, 0.5) is 0 Å². The molecule has 2 aromatic rings. The lowest BCUT2D eigenvalue weighted by molar-refractivity contribution is -0.109. The van der Waals surface area contributed by atoms with Gasteiger partial charge in [-0.05, 0) is 49.0 Å². The molecule has 1 aliphatic rings. The molecule has 0 bridgehead atoms. The van der Waals surface area contributed by atoms with Gasteiger partial charge in [-0.2, -0.15) is 0 Å². The van der Waals surface area contributed by atoms with E-state index < -0.39 is 0 Å². The topological polar surface area (TPSA) is 73.8 Å². The first-order valence-corrected chi connectivity index (χ1v) is 10.3. The summed E-state index contributed by atoms with van der Waals surface area (Å²) in [5, 5.41) is 5.42. The lowest BCUT2D eigenvalue weighted by atomic mass is 10.1. The van der Waals surface area contributed by atoms with Gasteiger partial charge in [0.05, 0.1) is 7.11 Å². The van der Waals surface area contributed by atoms with Crippen LogP contribution in [-0.4, -0.2) is 43.1 Å². The van der Waals surface area contributed by atoms with Crippen molar-refractivity contribution in [3.63, 3.8) is 0 Å². The van der Waals surface area contributed by atoms with Gasteiger partial charge >= 0.3 is 0 Å². The van der Waals surface area contributed by atoms with Gasteiger partial charge in [0.1, 0.15) is 11.8 Å². The largest absolute Gasteiger partial charge is 0.497 e. The molecule has 1 aliphatic heterocycles. The summed E-state index contributed by atoms with van der Waals surface area (Å²) < 4.78 is 14.0. The smallest absolute Gasteiger partial charge is 0.211 e. The van der Waals surface area contributed by atoms with E-state index in [2.05, 4.69) is 53.6 Å². The Morgan fingerprint density at radius 1 is 1.32 bits per heavy atom. The Kier molecular flexibility index (Phi) is 9.22. The third-order valence-electron chi connectivity index (χ3n) is 4.70. The van der Waals surface area contributed by atoms with Crippen LogP contribution < -0.4 is 15.4 Å². The summed E-state index contributed by atoms with van der Waals surface area (Å²) in [6.07, 6.45) is 0.571. The molecule has 0 fully saturated rings. The van der Waals surface area contributed by atoms with E-state index in [-0.39, 0.29) is 6.04 Å². The fraction of sp³-hybridized carbons (Fsp3) is 0.208. The zero-order valence-electron chi connectivity index (χ0n) is 17.9. The van der Waals surface area contributed by atoms with Crippen molar-refractivity contribution < 1.29 is 14.1 Å². The Bertz CT molecular complexity index is 993. The van der Waals surface area contributed by atoms with E-state index in [1.54, 1.807) is 26.3 Å². The van der Waals surface area contributed by atoms with E-state index in [4.69, 9.17) is 9.29 Å². The molecule has 2 aromatic carbocycles. The average molecular weight is 438 g/mol. The van der Waals surface area contributed by atoms with E-state index in [1.807, 2.05) is 24.3 Å². The monoisotopic (exact) mass is 437 g/mol. The predicted molar refractivity (Wildman–Crippen MR) is 126 cm³/mol. The minimum absolute atomic E-state index is 0.304. The van der Waals surface area contributed by atoms with E-state index in [9.17, 15) is 4.79 Å². The third kappa shape index (κ3) is 6.66. The fourth-order valence-electron chi connectivity index (χ4n) is 2.89. The maximum Gasteiger partial charge on any atom is 0.211 e. The average Bonchev–Trinajstić information content (AvgIpc) is 3.08. The van der Waals surface area contributed by atoms with Crippen molar-refractivity contribution in [2.75, 3.05) is 21.2 Å². The van der Waals surface area contributed by atoms with Gasteiger partial charge in [-0.3, -0.25) is 4.79 Å². The number of rotatable bonds is 6. The second-order valence-electron chi connectivity index (χ2n) is 6.72. The molecule has 1 heterocycles. The summed E-state index contributed by atoms with van der Waals surface area (Å²) in [7, 11) is 5.47. The summed E-state index contributed by atoms with van der Waals surface area (Å²) in [5.41, 5.74) is 4.94. The van der Waals surface area contributed by atoms with Gasteiger partial charge in [0.15, 0.2) is 0 Å². The van der Waals surface area contributed by atoms with Crippen LogP contribution in [0.3, 0.4) is 0 Å². The van der Waals surface area contributed by atoms with Crippen LogP contribution in [0.25, 0.3) is 5.70 Å². The molecular weight excluding hydrogens is 410 g/mol. The molecule has 1 atom stereocenters. The number of hydrogen-bond acceptors (Lipinski definition) is 6. The van der Waals surface area contributed by atoms with Crippen molar-refractivity contribution in [2.24, 2.45) is 0 Å². The second kappa shape index (κ2) is 11.9. The summed E-state index contributed by atoms with van der Waals surface area (Å²) in [5.74, 6) is 6.82. The quantitative estimate of drug-likeness (QED) is 0.365. The number of carbonyl (C=O) groups is 1. The van der Waals surface area contributed by atoms with E-state index in [1.165, 1.54) is 11.1 Å². The molecule has 0 spiro atoms. The molecule has 0 saturated heterocycles. The fourth-order valence-corrected chi connectivity index (χ4v) is 3.15. The first-order valence-electron chi connectivity index (χ1n) is 9.50. The van der Waals surface area contributed by atoms with Gasteiger partial charge in [0.25, 0.3) is 0 Å². The molecule has 0 saturated carbocycles. The highest BCUT2D eigenvalue weighted by atomic mass is 32.2. The first-order chi connectivity index (χ1) is 14.9. The number of benzene rings is 2. The standard InChI is InChI=1S/C13H14N2O2S.C11H13NO/c1-10(15-9-16)13(14-2)8-5-11-3-6-12(18-17)7-4-11;1-8-11-6-10(13-3)5-4-9(11)7-12(8)2/h3-4,6-7,9,13-14,17H,1H2,2H3,(H,15,16);4-6H,1,7H2,2-3H3. The number of hydrogen-bond donors (Lipinski definition) is 3. The number of likely N-dealkylation sites (N-methyl/N-ethyl adjacent to an activating group) is 1. The maximum absolute atomic E-state index is 10.3.